The molecule has 0 fully saturated rings. The van der Waals surface area contributed by atoms with Crippen molar-refractivity contribution < 1.29 is 14.3 Å². The molecule has 1 heterocycles. The first-order valence-electron chi connectivity index (χ1n) is 5.57. The quantitative estimate of drug-likeness (QED) is 0.908. The lowest BCUT2D eigenvalue weighted by Crippen LogP contribution is -2.06. The molecule has 0 bridgehead atoms. The van der Waals surface area contributed by atoms with Crippen LogP contribution in [0, 0.1) is 5.82 Å². The van der Waals surface area contributed by atoms with Crippen molar-refractivity contribution in [1.29, 1.82) is 0 Å². The topological polar surface area (TPSA) is 55.1 Å². The van der Waals surface area contributed by atoms with E-state index in [2.05, 4.69) is 5.10 Å². The van der Waals surface area contributed by atoms with E-state index in [1.807, 2.05) is 13.8 Å². The van der Waals surface area contributed by atoms with E-state index in [1.54, 1.807) is 16.9 Å². The van der Waals surface area contributed by atoms with Gasteiger partial charge in [0, 0.05) is 17.8 Å². The van der Waals surface area contributed by atoms with Crippen LogP contribution in [0.4, 0.5) is 4.39 Å². The van der Waals surface area contributed by atoms with Crippen molar-refractivity contribution in [3.05, 3.63) is 41.8 Å². The normalized spacial score (nSPS) is 10.9. The van der Waals surface area contributed by atoms with Gasteiger partial charge >= 0.3 is 5.97 Å². The highest BCUT2D eigenvalue weighted by Crippen LogP contribution is 2.25. The van der Waals surface area contributed by atoms with E-state index in [0.717, 1.165) is 6.07 Å². The zero-order chi connectivity index (χ0) is 13.3. The van der Waals surface area contributed by atoms with Gasteiger partial charge in [0.2, 0.25) is 0 Å². The Balaban J connectivity index is 2.51. The van der Waals surface area contributed by atoms with E-state index in [1.165, 1.54) is 12.1 Å². The number of rotatable bonds is 3. The highest BCUT2D eigenvalue weighted by Gasteiger charge is 2.14. The van der Waals surface area contributed by atoms with Crippen LogP contribution in [0.3, 0.4) is 0 Å². The van der Waals surface area contributed by atoms with Gasteiger partial charge in [-0.3, -0.25) is 4.68 Å². The summed E-state index contributed by atoms with van der Waals surface area (Å²) in [5, 5.41) is 12.9. The first kappa shape index (κ1) is 12.3. The van der Waals surface area contributed by atoms with Crippen LogP contribution < -0.4 is 0 Å². The summed E-state index contributed by atoms with van der Waals surface area (Å²) in [5.74, 6) is -1.70. The van der Waals surface area contributed by atoms with Crippen molar-refractivity contribution in [3.8, 4) is 11.3 Å². The van der Waals surface area contributed by atoms with Gasteiger partial charge in [-0.1, -0.05) is 0 Å². The van der Waals surface area contributed by atoms with Gasteiger partial charge < -0.3 is 5.11 Å². The van der Waals surface area contributed by atoms with Crippen molar-refractivity contribution in [2.45, 2.75) is 19.9 Å². The minimum Gasteiger partial charge on any atom is -0.478 e. The van der Waals surface area contributed by atoms with Crippen LogP contribution in [0.2, 0.25) is 0 Å². The third-order valence-corrected chi connectivity index (χ3v) is 2.65. The second-order valence-corrected chi connectivity index (χ2v) is 4.25. The largest absolute Gasteiger partial charge is 0.478 e. The van der Waals surface area contributed by atoms with Crippen LogP contribution in [-0.4, -0.2) is 20.9 Å². The Hall–Kier alpha value is -2.17. The second-order valence-electron chi connectivity index (χ2n) is 4.25. The molecule has 0 spiro atoms. The lowest BCUT2D eigenvalue weighted by molar-refractivity contribution is 0.0696. The fourth-order valence-corrected chi connectivity index (χ4v) is 1.79. The molecule has 2 aromatic rings. The number of hydrogen-bond acceptors (Lipinski definition) is 2. The molecule has 1 N–H and O–H groups in total. The van der Waals surface area contributed by atoms with E-state index in [0.29, 0.717) is 11.3 Å². The summed E-state index contributed by atoms with van der Waals surface area (Å²) < 4.78 is 15.6. The first-order valence-corrected chi connectivity index (χ1v) is 5.57. The van der Waals surface area contributed by atoms with Gasteiger partial charge in [0.05, 0.1) is 11.3 Å². The molecular weight excluding hydrogens is 235 g/mol. The minimum atomic E-state index is -1.14. The highest BCUT2D eigenvalue weighted by atomic mass is 19.1. The lowest BCUT2D eigenvalue weighted by Gasteiger charge is -2.11. The Bertz CT molecular complexity index is 590. The molecule has 5 heteroatoms. The maximum atomic E-state index is 13.9. The van der Waals surface area contributed by atoms with Crippen LogP contribution in [0.25, 0.3) is 11.3 Å². The molecule has 94 valence electrons. The molecule has 2 rings (SSSR count). The summed E-state index contributed by atoms with van der Waals surface area (Å²) in [7, 11) is 0. The lowest BCUT2D eigenvalue weighted by atomic mass is 10.1. The predicted molar refractivity (Wildman–Crippen MR) is 65.0 cm³/mol. The first-order chi connectivity index (χ1) is 8.50. The number of hydrogen-bond donors (Lipinski definition) is 1. The molecule has 0 unspecified atom stereocenters. The molecule has 0 aliphatic carbocycles. The molecule has 4 nitrogen and oxygen atoms in total. The monoisotopic (exact) mass is 248 g/mol. The highest BCUT2D eigenvalue weighted by molar-refractivity contribution is 5.88. The summed E-state index contributed by atoms with van der Waals surface area (Å²) in [6.45, 7) is 3.89. The zero-order valence-electron chi connectivity index (χ0n) is 10.1. The standard InChI is InChI=1S/C13H13FN2O2/c1-8(2)16-12(5-6-15-16)10-4-3-9(13(17)18)7-11(10)14/h3-8H,1-2H3,(H,17,18). The van der Waals surface area contributed by atoms with Gasteiger partial charge in [-0.2, -0.15) is 5.10 Å². The fraction of sp³-hybridized carbons (Fsp3) is 0.231. The summed E-state index contributed by atoms with van der Waals surface area (Å²) in [6.07, 6.45) is 1.60. The predicted octanol–water partition coefficient (Wildman–Crippen LogP) is 2.97. The third-order valence-electron chi connectivity index (χ3n) is 2.65. The van der Waals surface area contributed by atoms with Crippen LogP contribution >= 0.6 is 0 Å². The Morgan fingerprint density at radius 2 is 2.11 bits per heavy atom. The molecule has 0 atom stereocenters. The van der Waals surface area contributed by atoms with E-state index < -0.39 is 11.8 Å². The molecule has 0 aliphatic rings. The van der Waals surface area contributed by atoms with Crippen molar-refractivity contribution in [2.75, 3.05) is 0 Å². The molecule has 0 saturated heterocycles. The number of carboxylic acid groups (broad SMARTS) is 1. The fourth-order valence-electron chi connectivity index (χ4n) is 1.79. The minimum absolute atomic E-state index is 0.0631. The van der Waals surface area contributed by atoms with Gasteiger partial charge in [0.1, 0.15) is 5.82 Å². The maximum absolute atomic E-state index is 13.9. The molecule has 1 aromatic heterocycles. The van der Waals surface area contributed by atoms with Crippen LogP contribution in [0.15, 0.2) is 30.5 Å². The number of carboxylic acids is 1. The number of aromatic carboxylic acids is 1. The zero-order valence-corrected chi connectivity index (χ0v) is 10.1. The summed E-state index contributed by atoms with van der Waals surface area (Å²) in [4.78, 5) is 10.7. The van der Waals surface area contributed by atoms with E-state index in [9.17, 15) is 9.18 Å². The van der Waals surface area contributed by atoms with Gasteiger partial charge in [0.15, 0.2) is 0 Å². The number of nitrogens with zero attached hydrogens (tertiary/aromatic N) is 2. The Morgan fingerprint density at radius 3 is 2.67 bits per heavy atom. The number of halogens is 1. The second kappa shape index (κ2) is 4.60. The third kappa shape index (κ3) is 2.11. The molecule has 1 aromatic carbocycles. The van der Waals surface area contributed by atoms with E-state index in [-0.39, 0.29) is 11.6 Å². The molecule has 0 amide bonds. The molecule has 0 aliphatic heterocycles. The van der Waals surface area contributed by atoms with Gasteiger partial charge in [-0.15, -0.1) is 0 Å². The smallest absolute Gasteiger partial charge is 0.335 e. The summed E-state index contributed by atoms with van der Waals surface area (Å²) >= 11 is 0. The van der Waals surface area contributed by atoms with Crippen molar-refractivity contribution in [3.63, 3.8) is 0 Å². The van der Waals surface area contributed by atoms with Gasteiger partial charge in [-0.25, -0.2) is 9.18 Å². The summed E-state index contributed by atoms with van der Waals surface area (Å²) in [6, 6.07) is 5.69. The number of carbonyl (C=O) groups is 1. The van der Waals surface area contributed by atoms with Crippen LogP contribution in [-0.2, 0) is 0 Å². The van der Waals surface area contributed by atoms with Crippen molar-refractivity contribution >= 4 is 5.97 Å². The molecular formula is C13H13FN2O2. The van der Waals surface area contributed by atoms with Crippen LogP contribution in [0.1, 0.15) is 30.2 Å². The SMILES string of the molecule is CC(C)n1nccc1-c1ccc(C(=O)O)cc1F. The van der Waals surface area contributed by atoms with Crippen molar-refractivity contribution in [1.82, 2.24) is 9.78 Å². The molecule has 0 saturated carbocycles. The number of benzene rings is 1. The average Bonchev–Trinajstić information content (AvgIpc) is 2.77. The average molecular weight is 248 g/mol. The Kier molecular flexibility index (Phi) is 3.14. The number of aromatic nitrogens is 2. The van der Waals surface area contributed by atoms with Crippen LogP contribution in [0.5, 0.6) is 0 Å². The Labute approximate surface area is 104 Å². The molecule has 0 radical (unpaired) electrons. The maximum Gasteiger partial charge on any atom is 0.335 e. The van der Waals surface area contributed by atoms with Gasteiger partial charge in [0.25, 0.3) is 0 Å². The van der Waals surface area contributed by atoms with E-state index in [4.69, 9.17) is 5.11 Å². The van der Waals surface area contributed by atoms with E-state index >= 15 is 0 Å². The van der Waals surface area contributed by atoms with Crippen molar-refractivity contribution in [2.24, 2.45) is 0 Å². The summed E-state index contributed by atoms with van der Waals surface area (Å²) in [5.41, 5.74) is 0.928. The van der Waals surface area contributed by atoms with Gasteiger partial charge in [-0.05, 0) is 38.1 Å². The Morgan fingerprint density at radius 1 is 1.39 bits per heavy atom. The molecule has 18 heavy (non-hydrogen) atoms.